The zero-order chi connectivity index (χ0) is 23.2. The first-order valence-corrected chi connectivity index (χ1v) is 11.8. The first-order chi connectivity index (χ1) is 16.6. The van der Waals surface area contributed by atoms with Crippen LogP contribution in [0.15, 0.2) is 103 Å². The van der Waals surface area contributed by atoms with E-state index in [0.29, 0.717) is 5.75 Å². The average Bonchev–Trinajstić information content (AvgIpc) is 3.25. The largest absolute Gasteiger partial charge is 0.507 e. The van der Waals surface area contributed by atoms with Crippen LogP contribution in [0.5, 0.6) is 5.75 Å². The summed E-state index contributed by atoms with van der Waals surface area (Å²) in [5, 5.41) is 10.5. The van der Waals surface area contributed by atoms with Crippen LogP contribution in [0.25, 0.3) is 44.5 Å². The molecule has 5 aromatic rings. The first-order valence-electron chi connectivity index (χ1n) is 11.8. The molecule has 0 amide bonds. The molecule has 0 spiro atoms. The van der Waals surface area contributed by atoms with E-state index in [4.69, 9.17) is 0 Å². The molecule has 1 nitrogen and oxygen atoms in total. The highest BCUT2D eigenvalue weighted by molar-refractivity contribution is 6.01. The van der Waals surface area contributed by atoms with Crippen molar-refractivity contribution < 1.29 is 5.11 Å². The fourth-order valence-corrected chi connectivity index (χ4v) is 5.44. The van der Waals surface area contributed by atoms with E-state index >= 15 is 0 Å². The van der Waals surface area contributed by atoms with E-state index in [2.05, 4.69) is 103 Å². The van der Waals surface area contributed by atoms with E-state index in [9.17, 15) is 5.11 Å². The van der Waals surface area contributed by atoms with E-state index in [1.807, 2.05) is 13.8 Å². The van der Waals surface area contributed by atoms with Crippen LogP contribution in [-0.2, 0) is 6.42 Å². The molecule has 0 unspecified atom stereocenters. The lowest BCUT2D eigenvalue weighted by Crippen LogP contribution is -1.97. The lowest BCUT2D eigenvalue weighted by atomic mass is 9.82. The number of benzene rings is 5. The molecule has 0 saturated heterocycles. The third kappa shape index (κ3) is 3.24. The third-order valence-electron chi connectivity index (χ3n) is 7.04. The molecule has 0 aromatic heterocycles. The van der Waals surface area contributed by atoms with Crippen LogP contribution >= 0.6 is 0 Å². The van der Waals surface area contributed by atoms with E-state index in [1.165, 1.54) is 50.1 Å². The quantitative estimate of drug-likeness (QED) is 0.293. The number of hydrogen-bond donors (Lipinski definition) is 1. The van der Waals surface area contributed by atoms with Crippen LogP contribution < -0.4 is 0 Å². The second-order valence-corrected chi connectivity index (χ2v) is 9.22. The molecule has 164 valence electrons. The number of phenolic OH excluding ortho intramolecular Hbond substituents is 1. The number of rotatable bonds is 3. The van der Waals surface area contributed by atoms with Gasteiger partial charge in [-0.3, -0.25) is 0 Å². The summed E-state index contributed by atoms with van der Waals surface area (Å²) < 4.78 is 0. The standard InChI is InChI=1S/C33H26O/c1-21-17-26(18-22(2)33(21)34)28-20-29-27-16-10-9-15-25(27)19-30(29)32(24-13-7-4-8-14-24)31(28)23-11-5-3-6-12-23/h3-18,20,34H,19H2,1-2H3. The SMILES string of the molecule is Cc1cc(-c2cc3c(c(-c4ccccc4)c2-c2ccccc2)Cc2ccccc2-3)cc(C)c1O. The summed E-state index contributed by atoms with van der Waals surface area (Å²) in [6.45, 7) is 3.96. The molecule has 0 fully saturated rings. The van der Waals surface area contributed by atoms with Gasteiger partial charge in [0.05, 0.1) is 0 Å². The summed E-state index contributed by atoms with van der Waals surface area (Å²) in [5.41, 5.74) is 14.5. The maximum Gasteiger partial charge on any atom is 0.121 e. The number of fused-ring (bicyclic) bond motifs is 3. The summed E-state index contributed by atoms with van der Waals surface area (Å²) in [6, 6.07) is 36.9. The molecule has 0 radical (unpaired) electrons. The number of aromatic hydroxyl groups is 1. The molecule has 6 rings (SSSR count). The minimum atomic E-state index is 0.375. The molecule has 5 aromatic carbocycles. The second kappa shape index (κ2) is 8.04. The Morgan fingerprint density at radius 3 is 1.74 bits per heavy atom. The van der Waals surface area contributed by atoms with Crippen LogP contribution in [0.1, 0.15) is 22.3 Å². The highest BCUT2D eigenvalue weighted by Gasteiger charge is 2.27. The van der Waals surface area contributed by atoms with Gasteiger partial charge in [-0.05, 0) is 105 Å². The van der Waals surface area contributed by atoms with E-state index in [1.54, 1.807) is 0 Å². The Morgan fingerprint density at radius 1 is 0.529 bits per heavy atom. The molecule has 0 saturated carbocycles. The van der Waals surface area contributed by atoms with Crippen molar-refractivity contribution >= 4 is 0 Å². The van der Waals surface area contributed by atoms with Gasteiger partial charge in [-0.25, -0.2) is 0 Å². The second-order valence-electron chi connectivity index (χ2n) is 9.22. The van der Waals surface area contributed by atoms with Gasteiger partial charge in [0.15, 0.2) is 0 Å². The smallest absolute Gasteiger partial charge is 0.121 e. The van der Waals surface area contributed by atoms with Crippen molar-refractivity contribution in [1.29, 1.82) is 0 Å². The van der Waals surface area contributed by atoms with Crippen LogP contribution in [0.4, 0.5) is 0 Å². The van der Waals surface area contributed by atoms with Crippen LogP contribution in [0.3, 0.4) is 0 Å². The van der Waals surface area contributed by atoms with Gasteiger partial charge >= 0.3 is 0 Å². The average molecular weight is 439 g/mol. The number of aryl methyl sites for hydroxylation is 2. The van der Waals surface area contributed by atoms with E-state index in [-0.39, 0.29) is 0 Å². The zero-order valence-electron chi connectivity index (χ0n) is 19.5. The molecule has 1 N–H and O–H groups in total. The van der Waals surface area contributed by atoms with Crippen molar-refractivity contribution in [1.82, 2.24) is 0 Å². The Morgan fingerprint density at radius 2 is 1.09 bits per heavy atom. The normalized spacial score (nSPS) is 11.8. The van der Waals surface area contributed by atoms with Crippen LogP contribution in [-0.4, -0.2) is 5.11 Å². The summed E-state index contributed by atoms with van der Waals surface area (Å²) in [6.07, 6.45) is 0.934. The minimum Gasteiger partial charge on any atom is -0.507 e. The lowest BCUT2D eigenvalue weighted by molar-refractivity contribution is 0.467. The van der Waals surface area contributed by atoms with Crippen molar-refractivity contribution in [2.45, 2.75) is 20.3 Å². The molecule has 1 heteroatoms. The van der Waals surface area contributed by atoms with Crippen molar-refractivity contribution in [3.63, 3.8) is 0 Å². The summed E-state index contributed by atoms with van der Waals surface area (Å²) in [4.78, 5) is 0. The first kappa shape index (κ1) is 20.5. The van der Waals surface area contributed by atoms with Crippen LogP contribution in [0.2, 0.25) is 0 Å². The molecule has 0 atom stereocenters. The Kier molecular flexibility index (Phi) is 4.85. The van der Waals surface area contributed by atoms with Gasteiger partial charge in [-0.1, -0.05) is 84.9 Å². The molecular formula is C33H26O. The van der Waals surface area contributed by atoms with Crippen molar-refractivity contribution in [2.75, 3.05) is 0 Å². The van der Waals surface area contributed by atoms with Gasteiger partial charge in [-0.2, -0.15) is 0 Å². The van der Waals surface area contributed by atoms with E-state index < -0.39 is 0 Å². The number of phenols is 1. The summed E-state index contributed by atoms with van der Waals surface area (Å²) in [7, 11) is 0. The predicted octanol–water partition coefficient (Wildman–Crippen LogP) is 8.58. The van der Waals surface area contributed by atoms with Crippen molar-refractivity contribution in [3.8, 4) is 50.3 Å². The minimum absolute atomic E-state index is 0.375. The monoisotopic (exact) mass is 438 g/mol. The lowest BCUT2D eigenvalue weighted by Gasteiger charge is -2.21. The topological polar surface area (TPSA) is 20.2 Å². The molecule has 1 aliphatic carbocycles. The van der Waals surface area contributed by atoms with Crippen molar-refractivity contribution in [3.05, 3.63) is 125 Å². The molecule has 1 aliphatic rings. The van der Waals surface area contributed by atoms with Gasteiger partial charge < -0.3 is 5.11 Å². The van der Waals surface area contributed by atoms with Gasteiger partial charge in [0.2, 0.25) is 0 Å². The number of hydrogen-bond acceptors (Lipinski definition) is 1. The van der Waals surface area contributed by atoms with Crippen LogP contribution in [0, 0.1) is 13.8 Å². The Balaban J connectivity index is 1.78. The molecule has 34 heavy (non-hydrogen) atoms. The Hall–Kier alpha value is -4.10. The van der Waals surface area contributed by atoms with Gasteiger partial charge in [0.25, 0.3) is 0 Å². The maximum absolute atomic E-state index is 10.5. The summed E-state index contributed by atoms with van der Waals surface area (Å²) >= 11 is 0. The highest BCUT2D eigenvalue weighted by Crippen LogP contribution is 2.50. The third-order valence-corrected chi connectivity index (χ3v) is 7.04. The predicted molar refractivity (Wildman–Crippen MR) is 142 cm³/mol. The Bertz CT molecular complexity index is 1510. The highest BCUT2D eigenvalue weighted by atomic mass is 16.3. The Labute approximate surface area is 201 Å². The summed E-state index contributed by atoms with van der Waals surface area (Å²) in [5.74, 6) is 0.375. The van der Waals surface area contributed by atoms with Gasteiger partial charge in [-0.15, -0.1) is 0 Å². The molecular weight excluding hydrogens is 412 g/mol. The van der Waals surface area contributed by atoms with Gasteiger partial charge in [0.1, 0.15) is 5.75 Å². The zero-order valence-corrected chi connectivity index (χ0v) is 19.5. The maximum atomic E-state index is 10.5. The molecule has 0 bridgehead atoms. The van der Waals surface area contributed by atoms with E-state index in [0.717, 1.165) is 23.1 Å². The fraction of sp³-hybridized carbons (Fsp3) is 0.0909. The van der Waals surface area contributed by atoms with Crippen molar-refractivity contribution in [2.24, 2.45) is 0 Å². The molecule has 0 aliphatic heterocycles. The molecule has 0 heterocycles. The van der Waals surface area contributed by atoms with Gasteiger partial charge in [0, 0.05) is 0 Å². The fourth-order valence-electron chi connectivity index (χ4n) is 5.44.